The molecular weight excluding hydrogens is 266 g/mol. The number of carboxylic acid groups (broad SMARTS) is 1. The molecule has 3 aliphatic carbocycles. The molecule has 0 amide bonds. The molecule has 21 heavy (non-hydrogen) atoms. The first-order valence-electron chi connectivity index (χ1n) is 8.64. The first-order valence-corrected chi connectivity index (χ1v) is 8.64. The summed E-state index contributed by atoms with van der Waals surface area (Å²) >= 11 is 0. The third kappa shape index (κ3) is 2.63. The van der Waals surface area contributed by atoms with Crippen molar-refractivity contribution in [3.8, 4) is 0 Å². The Hall–Kier alpha value is -0.900. The van der Waals surface area contributed by atoms with Crippen LogP contribution in [-0.4, -0.2) is 40.4 Å². The second-order valence-corrected chi connectivity index (χ2v) is 7.15. The number of aliphatic carboxylic acids is 1. The van der Waals surface area contributed by atoms with Gasteiger partial charge in [-0.15, -0.1) is 0 Å². The van der Waals surface area contributed by atoms with Crippen molar-refractivity contribution in [2.45, 2.75) is 70.4 Å². The molecule has 4 nitrogen and oxygen atoms in total. The van der Waals surface area contributed by atoms with Crippen molar-refractivity contribution in [1.82, 2.24) is 4.90 Å². The number of carbonyl (C=O) groups is 2. The van der Waals surface area contributed by atoms with E-state index in [9.17, 15) is 14.7 Å². The normalized spacial score (nSPS) is 39.9. The van der Waals surface area contributed by atoms with Crippen LogP contribution in [0.5, 0.6) is 0 Å². The summed E-state index contributed by atoms with van der Waals surface area (Å²) in [4.78, 5) is 26.1. The molecule has 1 aliphatic heterocycles. The minimum absolute atomic E-state index is 0.108. The number of hydrogen-bond donors (Lipinski definition) is 1. The molecule has 2 unspecified atom stereocenters. The van der Waals surface area contributed by atoms with Gasteiger partial charge in [-0.3, -0.25) is 14.5 Å². The number of hydrogen-bond acceptors (Lipinski definition) is 3. The Bertz CT molecular complexity index is 422. The van der Waals surface area contributed by atoms with E-state index in [0.717, 1.165) is 32.2 Å². The maximum Gasteiger partial charge on any atom is 0.320 e. The Morgan fingerprint density at radius 2 is 2.14 bits per heavy atom. The Morgan fingerprint density at radius 1 is 1.33 bits per heavy atom. The lowest BCUT2D eigenvalue weighted by Crippen LogP contribution is -2.59. The van der Waals surface area contributed by atoms with Crippen molar-refractivity contribution < 1.29 is 14.7 Å². The molecule has 4 fully saturated rings. The molecule has 3 saturated carbocycles. The van der Waals surface area contributed by atoms with Gasteiger partial charge in [-0.2, -0.15) is 0 Å². The van der Waals surface area contributed by atoms with Crippen molar-refractivity contribution >= 4 is 11.8 Å². The van der Waals surface area contributed by atoms with Crippen LogP contribution in [-0.2, 0) is 9.59 Å². The predicted molar refractivity (Wildman–Crippen MR) is 80.0 cm³/mol. The molecule has 0 spiro atoms. The van der Waals surface area contributed by atoms with Crippen LogP contribution >= 0.6 is 0 Å². The smallest absolute Gasteiger partial charge is 0.320 e. The quantitative estimate of drug-likeness (QED) is 0.846. The summed E-state index contributed by atoms with van der Waals surface area (Å²) in [5.41, 5.74) is 0. The van der Waals surface area contributed by atoms with E-state index in [4.69, 9.17) is 0 Å². The van der Waals surface area contributed by atoms with Gasteiger partial charge in [0, 0.05) is 18.4 Å². The summed E-state index contributed by atoms with van der Waals surface area (Å²) in [6.07, 6.45) is 8.16. The fourth-order valence-corrected chi connectivity index (χ4v) is 5.10. The van der Waals surface area contributed by atoms with Gasteiger partial charge in [0.25, 0.3) is 0 Å². The van der Waals surface area contributed by atoms with Gasteiger partial charge in [0.05, 0.1) is 0 Å². The summed E-state index contributed by atoms with van der Waals surface area (Å²) < 4.78 is 0. The van der Waals surface area contributed by atoms with Gasteiger partial charge in [-0.05, 0) is 50.5 Å². The van der Waals surface area contributed by atoms with E-state index in [1.165, 1.54) is 25.7 Å². The third-order valence-electron chi connectivity index (χ3n) is 6.04. The van der Waals surface area contributed by atoms with Crippen LogP contribution in [0.3, 0.4) is 0 Å². The summed E-state index contributed by atoms with van der Waals surface area (Å²) in [6.45, 7) is 3.07. The Balaban J connectivity index is 1.84. The van der Waals surface area contributed by atoms with Gasteiger partial charge in [0.2, 0.25) is 0 Å². The van der Waals surface area contributed by atoms with Crippen molar-refractivity contribution in [2.24, 2.45) is 17.8 Å². The maximum absolute atomic E-state index is 12.3. The fourth-order valence-electron chi connectivity index (χ4n) is 5.10. The van der Waals surface area contributed by atoms with Crippen molar-refractivity contribution in [3.05, 3.63) is 0 Å². The van der Waals surface area contributed by atoms with Crippen LogP contribution in [0.25, 0.3) is 0 Å². The number of unbranched alkanes of at least 4 members (excludes halogenated alkanes) is 1. The summed E-state index contributed by atoms with van der Waals surface area (Å²) in [6, 6.07) is -0.147. The van der Waals surface area contributed by atoms with E-state index in [2.05, 4.69) is 11.8 Å². The van der Waals surface area contributed by atoms with Crippen LogP contribution in [0.4, 0.5) is 0 Å². The van der Waals surface area contributed by atoms with Crippen LogP contribution in [0.2, 0.25) is 0 Å². The van der Waals surface area contributed by atoms with E-state index in [1.807, 2.05) is 0 Å². The molecule has 0 radical (unpaired) electrons. The minimum Gasteiger partial charge on any atom is -0.480 e. The maximum atomic E-state index is 12.3. The standard InChI is InChI=1S/C17H27NO3/c1-2-3-5-12-11-7-8-13(15(19)10-11)16(12)18-9-4-6-14(18)17(20)21/h11-14,16H,2-10H2,1H3,(H,20,21)/t11-,12?,13-,14-,16?/m0/s1. The highest BCUT2D eigenvalue weighted by atomic mass is 16.4. The van der Waals surface area contributed by atoms with E-state index in [0.29, 0.717) is 17.6 Å². The molecule has 4 heteroatoms. The average molecular weight is 293 g/mol. The highest BCUT2D eigenvalue weighted by Crippen LogP contribution is 2.48. The summed E-state index contributed by atoms with van der Waals surface area (Å²) in [7, 11) is 0. The number of rotatable bonds is 5. The number of carboxylic acids is 1. The SMILES string of the molecule is CCCCC1C(N2CCC[C@H]2C(=O)O)[C@H]2CC[C@H]1CC2=O. The first kappa shape index (κ1) is 15.0. The number of nitrogens with zero attached hydrogens (tertiary/aromatic N) is 1. The van der Waals surface area contributed by atoms with Gasteiger partial charge in [-0.1, -0.05) is 19.8 Å². The van der Waals surface area contributed by atoms with Crippen molar-refractivity contribution in [2.75, 3.05) is 6.54 Å². The van der Waals surface area contributed by atoms with Crippen LogP contribution in [0.1, 0.15) is 58.3 Å². The van der Waals surface area contributed by atoms with Crippen LogP contribution < -0.4 is 0 Å². The summed E-state index contributed by atoms with van der Waals surface area (Å²) in [5.74, 6) is 0.864. The fraction of sp³-hybridized carbons (Fsp3) is 0.882. The van der Waals surface area contributed by atoms with Gasteiger partial charge < -0.3 is 5.11 Å². The molecule has 4 rings (SSSR count). The van der Waals surface area contributed by atoms with Gasteiger partial charge in [0.1, 0.15) is 11.8 Å². The molecule has 1 saturated heterocycles. The number of likely N-dealkylation sites (tertiary alicyclic amines) is 1. The molecule has 0 aromatic heterocycles. The average Bonchev–Trinajstić information content (AvgIpc) is 2.94. The Labute approximate surface area is 126 Å². The predicted octanol–water partition coefficient (Wildman–Crippen LogP) is 2.71. The lowest BCUT2D eigenvalue weighted by molar-refractivity contribution is -0.150. The topological polar surface area (TPSA) is 57.6 Å². The molecule has 2 bridgehead atoms. The number of carbonyl (C=O) groups excluding carboxylic acids is 1. The zero-order valence-electron chi connectivity index (χ0n) is 13.0. The first-order chi connectivity index (χ1) is 10.1. The van der Waals surface area contributed by atoms with E-state index in [-0.39, 0.29) is 18.0 Å². The zero-order chi connectivity index (χ0) is 15.0. The monoisotopic (exact) mass is 293 g/mol. The molecule has 1 heterocycles. The highest BCUT2D eigenvalue weighted by Gasteiger charge is 2.52. The van der Waals surface area contributed by atoms with Gasteiger partial charge in [0.15, 0.2) is 0 Å². The van der Waals surface area contributed by atoms with E-state index < -0.39 is 5.97 Å². The van der Waals surface area contributed by atoms with Crippen molar-refractivity contribution in [1.29, 1.82) is 0 Å². The largest absolute Gasteiger partial charge is 0.480 e. The zero-order valence-corrected chi connectivity index (χ0v) is 13.0. The Kier molecular flexibility index (Phi) is 4.34. The van der Waals surface area contributed by atoms with Crippen LogP contribution in [0.15, 0.2) is 0 Å². The number of fused-ring (bicyclic) bond motifs is 3. The molecule has 0 aromatic carbocycles. The molecular formula is C17H27NO3. The number of Topliss-reactive ketones (excluding diaryl/α,β-unsaturated/α-hetero) is 1. The van der Waals surface area contributed by atoms with Crippen LogP contribution in [0, 0.1) is 17.8 Å². The second-order valence-electron chi connectivity index (χ2n) is 7.15. The molecule has 5 atom stereocenters. The lowest BCUT2D eigenvalue weighted by atomic mass is 9.59. The Morgan fingerprint density at radius 3 is 2.81 bits per heavy atom. The molecule has 1 N–H and O–H groups in total. The van der Waals surface area contributed by atoms with Gasteiger partial charge >= 0.3 is 5.97 Å². The summed E-state index contributed by atoms with van der Waals surface area (Å²) in [5, 5.41) is 9.49. The van der Waals surface area contributed by atoms with E-state index >= 15 is 0 Å². The highest BCUT2D eigenvalue weighted by molar-refractivity contribution is 5.84. The van der Waals surface area contributed by atoms with E-state index in [1.54, 1.807) is 0 Å². The molecule has 118 valence electrons. The second kappa shape index (κ2) is 6.07. The van der Waals surface area contributed by atoms with Gasteiger partial charge in [-0.25, -0.2) is 0 Å². The molecule has 4 aliphatic rings. The minimum atomic E-state index is -0.698. The third-order valence-corrected chi connectivity index (χ3v) is 6.04. The number of ketones is 1. The lowest BCUT2D eigenvalue weighted by Gasteiger charge is -2.52. The van der Waals surface area contributed by atoms with Crippen molar-refractivity contribution in [3.63, 3.8) is 0 Å². The molecule has 0 aromatic rings.